The highest BCUT2D eigenvalue weighted by Gasteiger charge is 2.27. The number of aliphatic hydroxyl groups excluding tert-OH is 1. The Bertz CT molecular complexity index is 582. The van der Waals surface area contributed by atoms with Crippen LogP contribution in [0.5, 0.6) is 0 Å². The maximum atomic E-state index is 10.6. The minimum Gasteiger partial charge on any atom is -0.386 e. The minimum atomic E-state index is -0.570. The smallest absolute Gasteiger partial charge is 0.106 e. The fourth-order valence-corrected chi connectivity index (χ4v) is 2.89. The number of aliphatic hydroxyl groups is 1. The Labute approximate surface area is 132 Å². The lowest BCUT2D eigenvalue weighted by molar-refractivity contribution is -0.0918. The molecule has 0 radical (unpaired) electrons. The summed E-state index contributed by atoms with van der Waals surface area (Å²) in [6.45, 7) is 5.28. The number of morpholine rings is 1. The maximum absolute atomic E-state index is 10.6. The zero-order valence-corrected chi connectivity index (χ0v) is 13.0. The summed E-state index contributed by atoms with van der Waals surface area (Å²) in [5, 5.41) is 10.6. The first-order chi connectivity index (χ1) is 10.7. The van der Waals surface area contributed by atoms with Gasteiger partial charge in [0.1, 0.15) is 12.2 Å². The van der Waals surface area contributed by atoms with E-state index < -0.39 is 6.10 Å². The predicted molar refractivity (Wildman–Crippen MR) is 87.6 cm³/mol. The van der Waals surface area contributed by atoms with Gasteiger partial charge in [-0.05, 0) is 18.1 Å². The molecular formula is C19H23NO2. The zero-order chi connectivity index (χ0) is 15.4. The Balaban J connectivity index is 1.63. The first-order valence-corrected chi connectivity index (χ1v) is 7.85. The van der Waals surface area contributed by atoms with Crippen molar-refractivity contribution in [3.8, 4) is 0 Å². The van der Waals surface area contributed by atoms with Crippen LogP contribution in [0.3, 0.4) is 0 Å². The van der Waals surface area contributed by atoms with Gasteiger partial charge < -0.3 is 9.84 Å². The maximum Gasteiger partial charge on any atom is 0.106 e. The van der Waals surface area contributed by atoms with E-state index in [0.29, 0.717) is 6.61 Å². The van der Waals surface area contributed by atoms with E-state index in [0.717, 1.165) is 25.2 Å². The Morgan fingerprint density at radius 1 is 1.14 bits per heavy atom. The molecule has 1 aliphatic rings. The third-order valence-electron chi connectivity index (χ3n) is 4.20. The van der Waals surface area contributed by atoms with E-state index in [4.69, 9.17) is 4.74 Å². The van der Waals surface area contributed by atoms with E-state index in [1.54, 1.807) is 0 Å². The highest BCUT2D eigenvalue weighted by molar-refractivity contribution is 5.24. The topological polar surface area (TPSA) is 32.7 Å². The number of ether oxygens (including phenoxy) is 1. The van der Waals surface area contributed by atoms with Gasteiger partial charge in [0.25, 0.3) is 0 Å². The molecule has 1 N–H and O–H groups in total. The molecule has 3 nitrogen and oxygen atoms in total. The highest BCUT2D eigenvalue weighted by Crippen LogP contribution is 2.23. The molecule has 0 amide bonds. The van der Waals surface area contributed by atoms with Crippen molar-refractivity contribution in [2.45, 2.75) is 25.7 Å². The van der Waals surface area contributed by atoms with Gasteiger partial charge in [-0.1, -0.05) is 60.2 Å². The molecule has 116 valence electrons. The third kappa shape index (κ3) is 3.74. The van der Waals surface area contributed by atoms with E-state index in [1.165, 1.54) is 11.1 Å². The number of rotatable bonds is 4. The molecule has 1 saturated heterocycles. The Morgan fingerprint density at radius 3 is 2.59 bits per heavy atom. The fourth-order valence-electron chi connectivity index (χ4n) is 2.89. The first kappa shape index (κ1) is 15.2. The minimum absolute atomic E-state index is 0.167. The summed E-state index contributed by atoms with van der Waals surface area (Å²) in [5.74, 6) is 0. The number of hydrogen-bond donors (Lipinski definition) is 1. The highest BCUT2D eigenvalue weighted by atomic mass is 16.5. The molecule has 1 fully saturated rings. The van der Waals surface area contributed by atoms with Crippen LogP contribution in [0.15, 0.2) is 54.6 Å². The van der Waals surface area contributed by atoms with Crippen molar-refractivity contribution in [3.05, 3.63) is 71.3 Å². The second kappa shape index (κ2) is 7.05. The van der Waals surface area contributed by atoms with Gasteiger partial charge in [0.05, 0.1) is 6.61 Å². The van der Waals surface area contributed by atoms with Crippen LogP contribution >= 0.6 is 0 Å². The Kier molecular flexibility index (Phi) is 4.88. The van der Waals surface area contributed by atoms with Crippen LogP contribution < -0.4 is 0 Å². The molecule has 2 atom stereocenters. The summed E-state index contributed by atoms with van der Waals surface area (Å²) in [6, 6.07) is 18.5. The Hall–Kier alpha value is -1.68. The quantitative estimate of drug-likeness (QED) is 0.942. The van der Waals surface area contributed by atoms with E-state index in [-0.39, 0.29) is 6.10 Å². The molecule has 2 aromatic rings. The molecule has 0 bridgehead atoms. The molecular weight excluding hydrogens is 274 g/mol. The van der Waals surface area contributed by atoms with Crippen LogP contribution in [0.25, 0.3) is 0 Å². The van der Waals surface area contributed by atoms with Crippen LogP contribution in [0.4, 0.5) is 0 Å². The summed E-state index contributed by atoms with van der Waals surface area (Å²) < 4.78 is 5.80. The number of hydrogen-bond acceptors (Lipinski definition) is 3. The van der Waals surface area contributed by atoms with Gasteiger partial charge in [0, 0.05) is 19.6 Å². The van der Waals surface area contributed by atoms with Crippen LogP contribution in [0, 0.1) is 6.92 Å². The van der Waals surface area contributed by atoms with Crippen molar-refractivity contribution in [1.82, 2.24) is 4.90 Å². The summed E-state index contributed by atoms with van der Waals surface area (Å²) in [4.78, 5) is 2.35. The average molecular weight is 297 g/mol. The lowest BCUT2D eigenvalue weighted by Gasteiger charge is -2.35. The molecule has 1 aliphatic heterocycles. The number of aryl methyl sites for hydroxylation is 1. The number of benzene rings is 2. The molecule has 1 unspecified atom stereocenters. The van der Waals surface area contributed by atoms with E-state index in [2.05, 4.69) is 36.1 Å². The standard InChI is InChI=1S/C19H23NO2/c1-15-7-9-17(10-8-15)19(21)18-14-20(11-12-22-18)13-16-5-3-2-4-6-16/h2-10,18-19,21H,11-14H2,1H3/t18-,19?/m0/s1. The van der Waals surface area contributed by atoms with Crippen molar-refractivity contribution in [2.75, 3.05) is 19.7 Å². The molecule has 1 heterocycles. The van der Waals surface area contributed by atoms with Gasteiger partial charge in [-0.2, -0.15) is 0 Å². The molecule has 0 aliphatic carbocycles. The van der Waals surface area contributed by atoms with Gasteiger partial charge in [0.2, 0.25) is 0 Å². The molecule has 3 heteroatoms. The van der Waals surface area contributed by atoms with E-state index in [9.17, 15) is 5.11 Å². The largest absolute Gasteiger partial charge is 0.386 e. The van der Waals surface area contributed by atoms with E-state index >= 15 is 0 Å². The normalized spacial score (nSPS) is 20.7. The van der Waals surface area contributed by atoms with Crippen molar-refractivity contribution in [1.29, 1.82) is 0 Å². The van der Waals surface area contributed by atoms with Gasteiger partial charge in [0.15, 0.2) is 0 Å². The molecule has 22 heavy (non-hydrogen) atoms. The van der Waals surface area contributed by atoms with Crippen molar-refractivity contribution in [3.63, 3.8) is 0 Å². The molecule has 0 aromatic heterocycles. The molecule has 3 rings (SSSR count). The van der Waals surface area contributed by atoms with Gasteiger partial charge in [-0.15, -0.1) is 0 Å². The van der Waals surface area contributed by atoms with Crippen LogP contribution in [-0.2, 0) is 11.3 Å². The summed E-state index contributed by atoms with van der Waals surface area (Å²) in [6.07, 6.45) is -0.737. The van der Waals surface area contributed by atoms with E-state index in [1.807, 2.05) is 30.3 Å². The number of nitrogens with zero attached hydrogens (tertiary/aromatic N) is 1. The fraction of sp³-hybridized carbons (Fsp3) is 0.368. The SMILES string of the molecule is Cc1ccc(C(O)[C@@H]2CN(Cc3ccccc3)CCO2)cc1. The van der Waals surface area contributed by atoms with Gasteiger partial charge in [-0.3, -0.25) is 4.90 Å². The van der Waals surface area contributed by atoms with Crippen LogP contribution in [-0.4, -0.2) is 35.8 Å². The zero-order valence-electron chi connectivity index (χ0n) is 13.0. The second-order valence-corrected chi connectivity index (χ2v) is 5.99. The first-order valence-electron chi connectivity index (χ1n) is 7.85. The summed E-state index contributed by atoms with van der Waals surface area (Å²) in [5.41, 5.74) is 3.43. The van der Waals surface area contributed by atoms with Crippen LogP contribution in [0.1, 0.15) is 22.8 Å². The lowest BCUT2D eigenvalue weighted by atomic mass is 10.0. The van der Waals surface area contributed by atoms with Gasteiger partial charge >= 0.3 is 0 Å². The Morgan fingerprint density at radius 2 is 1.86 bits per heavy atom. The van der Waals surface area contributed by atoms with Crippen molar-refractivity contribution in [2.24, 2.45) is 0 Å². The van der Waals surface area contributed by atoms with Crippen molar-refractivity contribution < 1.29 is 9.84 Å². The van der Waals surface area contributed by atoms with Crippen molar-refractivity contribution >= 4 is 0 Å². The van der Waals surface area contributed by atoms with Crippen LogP contribution in [0.2, 0.25) is 0 Å². The monoisotopic (exact) mass is 297 g/mol. The van der Waals surface area contributed by atoms with Gasteiger partial charge in [-0.25, -0.2) is 0 Å². The predicted octanol–water partition coefficient (Wildman–Crippen LogP) is 2.93. The summed E-state index contributed by atoms with van der Waals surface area (Å²) in [7, 11) is 0. The summed E-state index contributed by atoms with van der Waals surface area (Å²) >= 11 is 0. The second-order valence-electron chi connectivity index (χ2n) is 5.99. The third-order valence-corrected chi connectivity index (χ3v) is 4.20. The molecule has 0 saturated carbocycles. The molecule has 2 aromatic carbocycles. The molecule has 0 spiro atoms. The lowest BCUT2D eigenvalue weighted by Crippen LogP contribution is -2.44. The average Bonchev–Trinajstić information content (AvgIpc) is 2.56.